The molecule has 12 nitrogen and oxygen atoms in total. The van der Waals surface area contributed by atoms with Gasteiger partial charge in [0.05, 0.1) is 36.5 Å². The summed E-state index contributed by atoms with van der Waals surface area (Å²) in [5.41, 5.74) is 3.36. The molecule has 0 aromatic rings. The monoisotopic (exact) mass is 904 g/mol. The van der Waals surface area contributed by atoms with Gasteiger partial charge in [-0.2, -0.15) is 0 Å². The van der Waals surface area contributed by atoms with Crippen molar-refractivity contribution in [2.24, 2.45) is 54.4 Å². The van der Waals surface area contributed by atoms with E-state index >= 15 is 0 Å². The quantitative estimate of drug-likeness (QED) is 0.0523. The molecule has 0 spiro atoms. The largest absolute Gasteiger partial charge is 0.512 e. The fourth-order valence-electron chi connectivity index (χ4n) is 8.41. The number of hydrogen-bond donors (Lipinski definition) is 3. The van der Waals surface area contributed by atoms with E-state index in [-0.39, 0.29) is 87.8 Å². The van der Waals surface area contributed by atoms with Crippen LogP contribution in [0.1, 0.15) is 149 Å². The van der Waals surface area contributed by atoms with Crippen LogP contribution in [0, 0.1) is 39.4 Å². The van der Waals surface area contributed by atoms with Crippen molar-refractivity contribution in [3.63, 3.8) is 0 Å². The van der Waals surface area contributed by atoms with Crippen LogP contribution in [0.15, 0.2) is 83.9 Å². The second kappa shape index (κ2) is 22.6. The van der Waals surface area contributed by atoms with Gasteiger partial charge >= 0.3 is 17.9 Å². The predicted octanol–water partition coefficient (Wildman–Crippen LogP) is 11.6. The fraction of sp³-hybridized carbons (Fsp3) is 0.660. The van der Waals surface area contributed by atoms with Crippen molar-refractivity contribution >= 4 is 35.0 Å². The van der Waals surface area contributed by atoms with Crippen LogP contribution in [-0.4, -0.2) is 89.8 Å². The Labute approximate surface area is 389 Å². The fourth-order valence-corrected chi connectivity index (χ4v) is 8.41. The van der Waals surface area contributed by atoms with Crippen LogP contribution < -0.4 is 0 Å². The van der Waals surface area contributed by atoms with Gasteiger partial charge in [-0.1, -0.05) is 90.0 Å². The molecule has 65 heavy (non-hydrogen) atoms. The van der Waals surface area contributed by atoms with Crippen molar-refractivity contribution in [3.8, 4) is 0 Å². The Morgan fingerprint density at radius 1 is 0.508 bits per heavy atom. The highest BCUT2D eigenvalue weighted by molar-refractivity contribution is 6.04. The lowest BCUT2D eigenvalue weighted by Crippen LogP contribution is -2.32. The Hall–Kier alpha value is -4.74. The minimum absolute atomic E-state index is 0.102. The minimum Gasteiger partial charge on any atom is -0.512 e. The third-order valence-corrected chi connectivity index (χ3v) is 11.3. The van der Waals surface area contributed by atoms with Crippen LogP contribution >= 0.6 is 0 Å². The summed E-state index contributed by atoms with van der Waals surface area (Å²) in [4.78, 5) is 55.7. The Kier molecular flexibility index (Phi) is 19.0. The van der Waals surface area contributed by atoms with E-state index in [4.69, 9.17) is 29.2 Å². The maximum absolute atomic E-state index is 13.3. The normalized spacial score (nSPS) is 22.4. The number of aliphatic hydroxyl groups excluding tert-OH is 3. The molecule has 3 aliphatic rings. The number of allylic oxidation sites excluding steroid dienone is 6. The summed E-state index contributed by atoms with van der Waals surface area (Å²) in [6.45, 7) is 32.7. The first-order valence-corrected chi connectivity index (χ1v) is 23.4. The Morgan fingerprint density at radius 2 is 0.738 bits per heavy atom. The summed E-state index contributed by atoms with van der Waals surface area (Å²) in [5.74, 6) is -1.59. The molecule has 3 rings (SSSR count). The van der Waals surface area contributed by atoms with Crippen LogP contribution in [-0.2, 0) is 28.6 Å². The average molecular weight is 904 g/mol. The smallest absolute Gasteiger partial charge is 0.341 e. The van der Waals surface area contributed by atoms with Crippen molar-refractivity contribution < 1.29 is 43.9 Å². The van der Waals surface area contributed by atoms with Crippen molar-refractivity contribution in [2.75, 3.05) is 39.5 Å². The summed E-state index contributed by atoms with van der Waals surface area (Å²) >= 11 is 0. The first-order valence-electron chi connectivity index (χ1n) is 23.4. The highest BCUT2D eigenvalue weighted by atomic mass is 16.5. The lowest BCUT2D eigenvalue weighted by atomic mass is 9.74. The molecule has 12 heteroatoms. The van der Waals surface area contributed by atoms with Crippen molar-refractivity contribution in [1.29, 1.82) is 0 Å². The summed E-state index contributed by atoms with van der Waals surface area (Å²) in [7, 11) is 0. The SMILES string of the molecule is C/C(O)=C(\C(=O)OCC(C)C)C1=CC(=NCC(C)(CN=C2C=C(/C(C(=O)OCC(C)C)=C(/C)O)CC(C)(C)C2)CN=C2C=C(/C(C(=O)OCC(C)C)=C(/C)O)CC(C)(C)C2)CC(C)(C)C1. The molecule has 0 fully saturated rings. The number of esters is 3. The molecule has 0 radical (unpaired) electrons. The molecule has 0 heterocycles. The van der Waals surface area contributed by atoms with Crippen LogP contribution in [0.5, 0.6) is 0 Å². The van der Waals surface area contributed by atoms with Gasteiger partial charge in [0, 0.05) is 42.2 Å². The zero-order valence-electron chi connectivity index (χ0n) is 42.6. The maximum atomic E-state index is 13.3. The van der Waals surface area contributed by atoms with E-state index in [2.05, 4.69) is 48.5 Å². The number of aliphatic hydroxyl groups is 3. The third kappa shape index (κ3) is 17.2. The molecule has 362 valence electrons. The average Bonchev–Trinajstić information content (AvgIpc) is 3.14. The standard InChI is InChI=1S/C53H81N3O9/c1-32(2)26-63-47(60)44(35(7)57)38-17-41(23-50(10,11)20-38)54-29-53(16,30-55-42-18-39(21-51(12,13)24-42)45(36(8)58)48(61)64-27-33(3)4)31-56-43-19-40(22-52(14,15)25-43)46(37(9)59)49(62)65-28-34(5)6/h17-19,32-34,57-59H,20-31H2,1-16H3/b44-35+,45-36+,46-37+,54-41?,55-42?,56-43?. The zero-order valence-corrected chi connectivity index (χ0v) is 42.6. The number of nitrogens with zero attached hydrogens (tertiary/aromatic N) is 3. The zero-order chi connectivity index (χ0) is 49.2. The minimum atomic E-state index is -0.654. The van der Waals surface area contributed by atoms with Gasteiger partial charge < -0.3 is 29.5 Å². The predicted molar refractivity (Wildman–Crippen MR) is 262 cm³/mol. The van der Waals surface area contributed by atoms with E-state index in [9.17, 15) is 29.7 Å². The van der Waals surface area contributed by atoms with Crippen molar-refractivity contribution in [2.45, 2.75) is 149 Å². The van der Waals surface area contributed by atoms with Gasteiger partial charge in [-0.25, -0.2) is 14.4 Å². The van der Waals surface area contributed by atoms with Gasteiger partial charge in [-0.3, -0.25) is 15.0 Å². The van der Waals surface area contributed by atoms with Gasteiger partial charge in [0.1, 0.15) is 17.3 Å². The Morgan fingerprint density at radius 3 is 0.938 bits per heavy atom. The molecule has 0 atom stereocenters. The lowest BCUT2D eigenvalue weighted by Gasteiger charge is -2.34. The number of ether oxygens (including phenoxy) is 3. The van der Waals surface area contributed by atoms with Crippen LogP contribution in [0.4, 0.5) is 0 Å². The van der Waals surface area contributed by atoms with Crippen molar-refractivity contribution in [1.82, 2.24) is 0 Å². The molecular formula is C53H81N3O9. The van der Waals surface area contributed by atoms with Crippen LogP contribution in [0.25, 0.3) is 0 Å². The van der Waals surface area contributed by atoms with E-state index in [0.717, 1.165) is 17.1 Å². The Balaban J connectivity index is 2.19. The molecule has 0 saturated carbocycles. The van der Waals surface area contributed by atoms with Gasteiger partial charge in [0.2, 0.25) is 0 Å². The van der Waals surface area contributed by atoms with Gasteiger partial charge in [0.15, 0.2) is 0 Å². The summed E-state index contributed by atoms with van der Waals surface area (Å²) in [6, 6.07) is 0. The van der Waals surface area contributed by atoms with E-state index in [0.29, 0.717) is 74.9 Å². The van der Waals surface area contributed by atoms with Crippen molar-refractivity contribution in [3.05, 3.63) is 68.9 Å². The molecule has 0 amide bonds. The number of aliphatic imine (C=N–C) groups is 3. The highest BCUT2D eigenvalue weighted by Gasteiger charge is 2.36. The van der Waals surface area contributed by atoms with Crippen LogP contribution in [0.3, 0.4) is 0 Å². The second-order valence-corrected chi connectivity index (χ2v) is 22.7. The molecule has 3 aliphatic carbocycles. The molecule has 0 aliphatic heterocycles. The molecule has 3 N–H and O–H groups in total. The topological polar surface area (TPSA) is 177 Å². The summed E-state index contributed by atoms with van der Waals surface area (Å²) < 4.78 is 16.8. The highest BCUT2D eigenvalue weighted by Crippen LogP contribution is 2.41. The number of carbonyl (C=O) groups is 3. The number of rotatable bonds is 18. The van der Waals surface area contributed by atoms with E-state index in [1.807, 2.05) is 59.8 Å². The molecule has 0 saturated heterocycles. The molecule has 0 aromatic heterocycles. The molecule has 0 aromatic carbocycles. The first kappa shape index (κ1) is 54.6. The Bertz CT molecular complexity index is 1840. The second-order valence-electron chi connectivity index (χ2n) is 22.7. The molecular weight excluding hydrogens is 823 g/mol. The first-order chi connectivity index (χ1) is 29.9. The molecule has 0 bridgehead atoms. The third-order valence-electron chi connectivity index (χ3n) is 11.3. The van der Waals surface area contributed by atoms with Gasteiger partial charge in [0.25, 0.3) is 0 Å². The van der Waals surface area contributed by atoms with E-state index in [1.165, 1.54) is 20.8 Å². The van der Waals surface area contributed by atoms with Gasteiger partial charge in [-0.05, 0) is 128 Å². The number of hydrogen-bond acceptors (Lipinski definition) is 12. The maximum Gasteiger partial charge on any atom is 0.341 e. The lowest BCUT2D eigenvalue weighted by molar-refractivity contribution is -0.140. The van der Waals surface area contributed by atoms with Gasteiger partial charge in [-0.15, -0.1) is 0 Å². The van der Waals surface area contributed by atoms with E-state index < -0.39 is 23.3 Å². The summed E-state index contributed by atoms with van der Waals surface area (Å²) in [6.07, 6.45) is 9.27. The summed E-state index contributed by atoms with van der Waals surface area (Å²) in [5, 5.41) is 32.3. The van der Waals surface area contributed by atoms with E-state index in [1.54, 1.807) is 0 Å². The van der Waals surface area contributed by atoms with Crippen LogP contribution in [0.2, 0.25) is 0 Å². The number of carbonyl (C=O) groups excluding carboxylic acids is 3. The molecule has 0 unspecified atom stereocenters.